The molecule has 0 saturated carbocycles. The van der Waals surface area contributed by atoms with E-state index >= 15 is 0 Å². The minimum Gasteiger partial charge on any atom is -0.493 e. The second-order valence-corrected chi connectivity index (χ2v) is 5.62. The lowest BCUT2D eigenvalue weighted by molar-refractivity contribution is 0.0474. The molecular formula is C20H22O5. The molecule has 25 heavy (non-hydrogen) atoms. The van der Waals surface area contributed by atoms with E-state index in [1.54, 1.807) is 24.3 Å². The van der Waals surface area contributed by atoms with E-state index in [-0.39, 0.29) is 12.4 Å². The van der Waals surface area contributed by atoms with Crippen molar-refractivity contribution in [1.82, 2.24) is 0 Å². The molecule has 2 aromatic rings. The Kier molecular flexibility index (Phi) is 6.17. The quantitative estimate of drug-likeness (QED) is 0.566. The Labute approximate surface area is 147 Å². The molecule has 5 heteroatoms. The van der Waals surface area contributed by atoms with Crippen LogP contribution in [-0.4, -0.2) is 32.1 Å². The van der Waals surface area contributed by atoms with E-state index in [1.165, 1.54) is 7.11 Å². The molecule has 0 amide bonds. The minimum absolute atomic E-state index is 0.229. The molecule has 0 unspecified atom stereocenters. The first-order valence-electron chi connectivity index (χ1n) is 8.04. The maximum absolute atomic E-state index is 12.3. The molecule has 2 rings (SSSR count). The minimum atomic E-state index is -0.581. The molecule has 0 aliphatic heterocycles. The van der Waals surface area contributed by atoms with Gasteiger partial charge in [-0.3, -0.25) is 4.79 Å². The first kappa shape index (κ1) is 18.5. The maximum atomic E-state index is 12.3. The molecule has 5 nitrogen and oxygen atoms in total. The van der Waals surface area contributed by atoms with E-state index in [2.05, 4.69) is 0 Å². The molecule has 0 fully saturated rings. The van der Waals surface area contributed by atoms with Crippen molar-refractivity contribution in [2.45, 2.75) is 20.8 Å². The third kappa shape index (κ3) is 4.59. The number of methoxy groups -OCH3 is 1. The molecule has 0 radical (unpaired) electrons. The molecule has 0 aliphatic carbocycles. The Balaban J connectivity index is 2.08. The van der Waals surface area contributed by atoms with Gasteiger partial charge in [-0.25, -0.2) is 4.79 Å². The smallest absolute Gasteiger partial charge is 0.338 e. The highest BCUT2D eigenvalue weighted by Crippen LogP contribution is 2.28. The highest BCUT2D eigenvalue weighted by Gasteiger charge is 2.16. The van der Waals surface area contributed by atoms with Gasteiger partial charge in [0.05, 0.1) is 19.3 Å². The van der Waals surface area contributed by atoms with Crippen molar-refractivity contribution in [2.24, 2.45) is 0 Å². The van der Waals surface area contributed by atoms with E-state index < -0.39 is 5.97 Å². The number of esters is 1. The lowest BCUT2D eigenvalue weighted by Crippen LogP contribution is -2.15. The standard InChI is InChI=1S/C20H22O5/c1-5-24-19-11-15(8-9-18(19)23-4)20(22)25-12-17(21)16-10-13(2)6-7-14(16)3/h6-11H,5,12H2,1-4H3. The zero-order valence-corrected chi connectivity index (χ0v) is 14.9. The Morgan fingerprint density at radius 3 is 2.44 bits per heavy atom. The summed E-state index contributed by atoms with van der Waals surface area (Å²) in [6.07, 6.45) is 0. The van der Waals surface area contributed by atoms with Gasteiger partial charge in [0, 0.05) is 5.56 Å². The summed E-state index contributed by atoms with van der Waals surface area (Å²) in [6, 6.07) is 10.4. The number of carbonyl (C=O) groups excluding carboxylic acids is 2. The fraction of sp³-hybridized carbons (Fsp3) is 0.300. The second kappa shape index (κ2) is 8.33. The Morgan fingerprint density at radius 1 is 1.00 bits per heavy atom. The lowest BCUT2D eigenvalue weighted by atomic mass is 10.0. The van der Waals surface area contributed by atoms with Gasteiger partial charge >= 0.3 is 5.97 Å². The van der Waals surface area contributed by atoms with Crippen LogP contribution in [0, 0.1) is 13.8 Å². The number of carbonyl (C=O) groups is 2. The van der Waals surface area contributed by atoms with Crippen LogP contribution in [0.1, 0.15) is 38.8 Å². The first-order valence-corrected chi connectivity index (χ1v) is 8.04. The van der Waals surface area contributed by atoms with Crippen LogP contribution in [0.2, 0.25) is 0 Å². The van der Waals surface area contributed by atoms with E-state index in [0.717, 1.165) is 11.1 Å². The predicted octanol–water partition coefficient (Wildman–Crippen LogP) is 3.75. The normalized spacial score (nSPS) is 10.2. The third-order valence-corrected chi connectivity index (χ3v) is 3.73. The molecule has 0 saturated heterocycles. The molecule has 0 aliphatic rings. The summed E-state index contributed by atoms with van der Waals surface area (Å²) < 4.78 is 15.8. The molecule has 132 valence electrons. The SMILES string of the molecule is CCOc1cc(C(=O)OCC(=O)c2cc(C)ccc2C)ccc1OC. The highest BCUT2D eigenvalue weighted by molar-refractivity contribution is 6.00. The lowest BCUT2D eigenvalue weighted by Gasteiger charge is -2.11. The number of aryl methyl sites for hydroxylation is 2. The van der Waals surface area contributed by atoms with Crippen LogP contribution in [0.5, 0.6) is 11.5 Å². The van der Waals surface area contributed by atoms with Crippen molar-refractivity contribution in [3.8, 4) is 11.5 Å². The van der Waals surface area contributed by atoms with E-state index in [0.29, 0.717) is 29.2 Å². The molecule has 0 bridgehead atoms. The highest BCUT2D eigenvalue weighted by atomic mass is 16.5. The van der Waals surface area contributed by atoms with Crippen LogP contribution in [0.3, 0.4) is 0 Å². The number of benzene rings is 2. The summed E-state index contributed by atoms with van der Waals surface area (Å²) in [4.78, 5) is 24.5. The molecule has 0 aromatic heterocycles. The van der Waals surface area contributed by atoms with Gasteiger partial charge in [-0.1, -0.05) is 17.7 Å². The van der Waals surface area contributed by atoms with Gasteiger partial charge in [0.1, 0.15) is 0 Å². The maximum Gasteiger partial charge on any atom is 0.338 e. The van der Waals surface area contributed by atoms with E-state index in [1.807, 2.05) is 32.9 Å². The summed E-state index contributed by atoms with van der Waals surface area (Å²) in [7, 11) is 1.53. The Hall–Kier alpha value is -2.82. The number of Topliss-reactive ketones (excluding diaryl/α,β-unsaturated/α-hetero) is 1. The molecule has 0 atom stereocenters. The average molecular weight is 342 g/mol. The third-order valence-electron chi connectivity index (χ3n) is 3.73. The first-order chi connectivity index (χ1) is 12.0. The molecule has 0 N–H and O–H groups in total. The van der Waals surface area contributed by atoms with Crippen molar-refractivity contribution < 1.29 is 23.8 Å². The van der Waals surface area contributed by atoms with Crippen molar-refractivity contribution in [3.05, 3.63) is 58.7 Å². The predicted molar refractivity (Wildman–Crippen MR) is 94.7 cm³/mol. The number of ether oxygens (including phenoxy) is 3. The van der Waals surface area contributed by atoms with Crippen molar-refractivity contribution >= 4 is 11.8 Å². The monoisotopic (exact) mass is 342 g/mol. The summed E-state index contributed by atoms with van der Waals surface area (Å²) in [5, 5.41) is 0. The fourth-order valence-electron chi connectivity index (χ4n) is 2.40. The van der Waals surface area contributed by atoms with Gasteiger partial charge in [0.2, 0.25) is 5.78 Å². The molecule has 2 aromatic carbocycles. The molecular weight excluding hydrogens is 320 g/mol. The topological polar surface area (TPSA) is 61.8 Å². The van der Waals surface area contributed by atoms with Crippen molar-refractivity contribution in [3.63, 3.8) is 0 Å². The zero-order valence-electron chi connectivity index (χ0n) is 14.9. The summed E-state index contributed by atoms with van der Waals surface area (Å²) >= 11 is 0. The van der Waals surface area contributed by atoms with Crippen LogP contribution in [0.15, 0.2) is 36.4 Å². The van der Waals surface area contributed by atoms with Crippen LogP contribution < -0.4 is 9.47 Å². The number of hydrogen-bond donors (Lipinski definition) is 0. The van der Waals surface area contributed by atoms with E-state index in [9.17, 15) is 9.59 Å². The molecule has 0 heterocycles. The number of hydrogen-bond acceptors (Lipinski definition) is 5. The van der Waals surface area contributed by atoms with Crippen molar-refractivity contribution in [2.75, 3.05) is 20.3 Å². The van der Waals surface area contributed by atoms with Gasteiger partial charge in [-0.15, -0.1) is 0 Å². The van der Waals surface area contributed by atoms with Crippen LogP contribution in [-0.2, 0) is 4.74 Å². The Morgan fingerprint density at radius 2 is 1.76 bits per heavy atom. The summed E-state index contributed by atoms with van der Waals surface area (Å²) in [5.41, 5.74) is 2.71. The Bertz CT molecular complexity index is 780. The summed E-state index contributed by atoms with van der Waals surface area (Å²) in [6.45, 7) is 5.74. The second-order valence-electron chi connectivity index (χ2n) is 5.62. The van der Waals surface area contributed by atoms with Crippen LogP contribution in [0.4, 0.5) is 0 Å². The van der Waals surface area contributed by atoms with Crippen LogP contribution in [0.25, 0.3) is 0 Å². The van der Waals surface area contributed by atoms with Crippen molar-refractivity contribution in [1.29, 1.82) is 0 Å². The number of rotatable bonds is 7. The summed E-state index contributed by atoms with van der Waals surface area (Å²) in [5.74, 6) is 0.181. The average Bonchev–Trinajstić information content (AvgIpc) is 2.61. The zero-order chi connectivity index (χ0) is 18.4. The van der Waals surface area contributed by atoms with Gasteiger partial charge < -0.3 is 14.2 Å². The van der Waals surface area contributed by atoms with Gasteiger partial charge in [0.15, 0.2) is 18.1 Å². The fourth-order valence-corrected chi connectivity index (χ4v) is 2.40. The van der Waals surface area contributed by atoms with E-state index in [4.69, 9.17) is 14.2 Å². The van der Waals surface area contributed by atoms with Gasteiger partial charge in [0.25, 0.3) is 0 Å². The molecule has 0 spiro atoms. The van der Waals surface area contributed by atoms with Crippen LogP contribution >= 0.6 is 0 Å². The van der Waals surface area contributed by atoms with Gasteiger partial charge in [-0.05, 0) is 50.6 Å². The number of ketones is 1. The largest absolute Gasteiger partial charge is 0.493 e. The van der Waals surface area contributed by atoms with Gasteiger partial charge in [-0.2, -0.15) is 0 Å².